The first-order chi connectivity index (χ1) is 9.29. The highest BCUT2D eigenvalue weighted by Crippen LogP contribution is 2.18. The monoisotopic (exact) mass is 313 g/mol. The maximum atomic E-state index is 5.60. The number of nitrogens with two attached hydrogens (primary N) is 1. The summed E-state index contributed by atoms with van der Waals surface area (Å²) >= 11 is 1.52. The third-order valence-corrected chi connectivity index (χ3v) is 3.54. The number of halogens is 1. The van der Waals surface area contributed by atoms with Gasteiger partial charge in [-0.3, -0.25) is 0 Å². The molecule has 1 aromatic heterocycles. The normalized spacial score (nSPS) is 10.1. The smallest absolute Gasteiger partial charge is 0.180 e. The van der Waals surface area contributed by atoms with Gasteiger partial charge in [0.05, 0.1) is 6.61 Å². The van der Waals surface area contributed by atoms with Gasteiger partial charge in [-0.05, 0) is 31.5 Å². The maximum absolute atomic E-state index is 5.60. The number of rotatable bonds is 7. The van der Waals surface area contributed by atoms with E-state index in [0.29, 0.717) is 11.7 Å². The Labute approximate surface area is 129 Å². The van der Waals surface area contributed by atoms with Crippen molar-refractivity contribution in [2.45, 2.75) is 19.9 Å². The van der Waals surface area contributed by atoms with Crippen LogP contribution < -0.4 is 15.8 Å². The molecule has 0 aliphatic carbocycles. The van der Waals surface area contributed by atoms with Crippen molar-refractivity contribution in [3.05, 3.63) is 40.9 Å². The molecule has 2 rings (SSSR count). The molecule has 0 aliphatic heterocycles. The molecule has 20 heavy (non-hydrogen) atoms. The molecule has 4 nitrogen and oxygen atoms in total. The standard InChI is InChI=1S/C14H19N3OS.ClH/c1-2-18-13-6-4-3-5-11(13)7-8-16-9-12-10-17-14(15)19-12;/h3-6,10,16H,2,7-9H2,1H3,(H2,15,17);1H. The van der Waals surface area contributed by atoms with Crippen LogP contribution in [0.5, 0.6) is 5.75 Å². The lowest BCUT2D eigenvalue weighted by molar-refractivity contribution is 0.336. The number of hydrogen-bond donors (Lipinski definition) is 2. The first-order valence-electron chi connectivity index (χ1n) is 6.41. The second-order valence-electron chi connectivity index (χ2n) is 4.13. The van der Waals surface area contributed by atoms with Crippen molar-refractivity contribution in [1.82, 2.24) is 10.3 Å². The zero-order valence-corrected chi connectivity index (χ0v) is 13.1. The largest absolute Gasteiger partial charge is 0.494 e. The molecule has 0 bridgehead atoms. The average molecular weight is 314 g/mol. The first-order valence-corrected chi connectivity index (χ1v) is 7.23. The second kappa shape index (κ2) is 8.79. The Morgan fingerprint density at radius 1 is 1.35 bits per heavy atom. The number of hydrogen-bond acceptors (Lipinski definition) is 5. The van der Waals surface area contributed by atoms with E-state index in [2.05, 4.69) is 16.4 Å². The molecule has 0 amide bonds. The Hall–Kier alpha value is -1.30. The second-order valence-corrected chi connectivity index (χ2v) is 5.28. The van der Waals surface area contributed by atoms with Crippen molar-refractivity contribution in [3.8, 4) is 5.75 Å². The number of anilines is 1. The van der Waals surface area contributed by atoms with E-state index >= 15 is 0 Å². The summed E-state index contributed by atoms with van der Waals surface area (Å²) in [5, 5.41) is 4.02. The topological polar surface area (TPSA) is 60.2 Å². The number of nitrogen functional groups attached to an aromatic ring is 1. The Morgan fingerprint density at radius 3 is 2.85 bits per heavy atom. The van der Waals surface area contributed by atoms with Gasteiger partial charge in [0, 0.05) is 17.6 Å². The van der Waals surface area contributed by atoms with Crippen LogP contribution in [0.3, 0.4) is 0 Å². The van der Waals surface area contributed by atoms with Gasteiger partial charge in [0.25, 0.3) is 0 Å². The number of nitrogens with zero attached hydrogens (tertiary/aromatic N) is 1. The molecule has 0 aliphatic rings. The summed E-state index contributed by atoms with van der Waals surface area (Å²) in [5.74, 6) is 0.980. The number of thiazole rings is 1. The van der Waals surface area contributed by atoms with Gasteiger partial charge in [-0.1, -0.05) is 18.2 Å². The molecule has 3 N–H and O–H groups in total. The lowest BCUT2D eigenvalue weighted by atomic mass is 10.1. The van der Waals surface area contributed by atoms with E-state index < -0.39 is 0 Å². The molecule has 0 unspecified atom stereocenters. The van der Waals surface area contributed by atoms with Crippen molar-refractivity contribution in [2.75, 3.05) is 18.9 Å². The fourth-order valence-electron chi connectivity index (χ4n) is 1.85. The van der Waals surface area contributed by atoms with Crippen LogP contribution in [0.25, 0.3) is 0 Å². The predicted octanol–water partition coefficient (Wildman–Crippen LogP) is 2.88. The fraction of sp³-hybridized carbons (Fsp3) is 0.357. The number of nitrogens with one attached hydrogen (secondary N) is 1. The molecule has 0 atom stereocenters. The van der Waals surface area contributed by atoms with E-state index in [1.165, 1.54) is 16.9 Å². The highest BCUT2D eigenvalue weighted by molar-refractivity contribution is 7.15. The molecule has 2 aromatic rings. The number of ether oxygens (including phenoxy) is 1. The molecule has 0 radical (unpaired) electrons. The molecule has 1 heterocycles. The van der Waals surface area contributed by atoms with Crippen LogP contribution in [-0.4, -0.2) is 18.1 Å². The van der Waals surface area contributed by atoms with Crippen LogP contribution in [0.4, 0.5) is 5.13 Å². The Morgan fingerprint density at radius 2 is 2.15 bits per heavy atom. The van der Waals surface area contributed by atoms with Gasteiger partial charge in [0.2, 0.25) is 0 Å². The predicted molar refractivity (Wildman–Crippen MR) is 86.8 cm³/mol. The molecular weight excluding hydrogens is 294 g/mol. The van der Waals surface area contributed by atoms with E-state index in [1.807, 2.05) is 31.3 Å². The van der Waals surface area contributed by atoms with Crippen LogP contribution in [0.2, 0.25) is 0 Å². The van der Waals surface area contributed by atoms with Gasteiger partial charge >= 0.3 is 0 Å². The van der Waals surface area contributed by atoms with Crippen molar-refractivity contribution in [3.63, 3.8) is 0 Å². The van der Waals surface area contributed by atoms with E-state index in [-0.39, 0.29) is 12.4 Å². The van der Waals surface area contributed by atoms with E-state index in [4.69, 9.17) is 10.5 Å². The van der Waals surface area contributed by atoms with Crippen LogP contribution in [0.1, 0.15) is 17.4 Å². The van der Waals surface area contributed by atoms with Crippen molar-refractivity contribution >= 4 is 28.9 Å². The quantitative estimate of drug-likeness (QED) is 0.772. The SMILES string of the molecule is CCOc1ccccc1CCNCc1cnc(N)s1.Cl. The molecular formula is C14H20ClN3OS. The number of benzene rings is 1. The summed E-state index contributed by atoms with van der Waals surface area (Å²) in [7, 11) is 0. The fourth-order valence-corrected chi connectivity index (χ4v) is 2.50. The van der Waals surface area contributed by atoms with Crippen molar-refractivity contribution in [2.24, 2.45) is 0 Å². The summed E-state index contributed by atoms with van der Waals surface area (Å²) in [5.41, 5.74) is 6.83. The molecule has 0 saturated heterocycles. The van der Waals surface area contributed by atoms with Crippen molar-refractivity contribution in [1.29, 1.82) is 0 Å². The Balaban J connectivity index is 0.00000200. The summed E-state index contributed by atoms with van der Waals surface area (Å²) in [6.07, 6.45) is 2.77. The van der Waals surface area contributed by atoms with E-state index in [1.54, 1.807) is 0 Å². The summed E-state index contributed by atoms with van der Waals surface area (Å²) in [4.78, 5) is 5.19. The van der Waals surface area contributed by atoms with Gasteiger partial charge in [-0.25, -0.2) is 4.98 Å². The molecule has 0 saturated carbocycles. The van der Waals surface area contributed by atoms with Crippen LogP contribution in [-0.2, 0) is 13.0 Å². The van der Waals surface area contributed by atoms with Crippen LogP contribution in [0.15, 0.2) is 30.5 Å². The van der Waals surface area contributed by atoms with Crippen molar-refractivity contribution < 1.29 is 4.74 Å². The van der Waals surface area contributed by atoms with Crippen LogP contribution in [0, 0.1) is 0 Å². The third kappa shape index (κ3) is 5.00. The lowest BCUT2D eigenvalue weighted by Crippen LogP contribution is -2.16. The van der Waals surface area contributed by atoms with Gasteiger partial charge in [-0.2, -0.15) is 0 Å². The highest BCUT2D eigenvalue weighted by Gasteiger charge is 2.02. The summed E-state index contributed by atoms with van der Waals surface area (Å²) in [6.45, 7) is 4.42. The lowest BCUT2D eigenvalue weighted by Gasteiger charge is -2.10. The summed E-state index contributed by atoms with van der Waals surface area (Å²) in [6, 6.07) is 8.17. The van der Waals surface area contributed by atoms with Crippen LogP contribution >= 0.6 is 23.7 Å². The van der Waals surface area contributed by atoms with E-state index in [9.17, 15) is 0 Å². The highest BCUT2D eigenvalue weighted by atomic mass is 35.5. The first kappa shape index (κ1) is 16.8. The van der Waals surface area contributed by atoms with E-state index in [0.717, 1.165) is 30.1 Å². The van der Waals surface area contributed by atoms with Gasteiger partial charge in [0.1, 0.15) is 5.75 Å². The van der Waals surface area contributed by atoms with Gasteiger partial charge in [0.15, 0.2) is 5.13 Å². The third-order valence-electron chi connectivity index (χ3n) is 2.71. The Kier molecular flexibility index (Phi) is 7.36. The minimum Gasteiger partial charge on any atom is -0.494 e. The number of para-hydroxylation sites is 1. The molecule has 0 spiro atoms. The molecule has 0 fully saturated rings. The number of aromatic nitrogens is 1. The average Bonchev–Trinajstić information content (AvgIpc) is 2.83. The minimum atomic E-state index is 0. The Bertz CT molecular complexity index is 519. The molecule has 6 heteroatoms. The molecule has 1 aromatic carbocycles. The molecule has 110 valence electrons. The maximum Gasteiger partial charge on any atom is 0.180 e. The minimum absolute atomic E-state index is 0. The zero-order chi connectivity index (χ0) is 13.5. The summed E-state index contributed by atoms with van der Waals surface area (Å²) < 4.78 is 5.60. The van der Waals surface area contributed by atoms with Gasteiger partial charge < -0.3 is 15.8 Å². The van der Waals surface area contributed by atoms with Gasteiger partial charge in [-0.15, -0.1) is 23.7 Å². The zero-order valence-electron chi connectivity index (χ0n) is 11.5.